The molecule has 0 fully saturated rings. The van der Waals surface area contributed by atoms with Gasteiger partial charge in [-0.05, 0) is 44.5 Å². The van der Waals surface area contributed by atoms with Crippen LogP contribution in [-0.4, -0.2) is 19.7 Å². The molecule has 3 heteroatoms. The summed E-state index contributed by atoms with van der Waals surface area (Å²) in [5.74, 6) is 1.00. The van der Waals surface area contributed by atoms with E-state index in [9.17, 15) is 0 Å². The second kappa shape index (κ2) is 18.9. The van der Waals surface area contributed by atoms with Gasteiger partial charge in [0.15, 0.2) is 6.20 Å². The number of nitrogens with zero attached hydrogens (tertiary/aromatic N) is 2. The summed E-state index contributed by atoms with van der Waals surface area (Å²) in [5.41, 5.74) is 3.64. The van der Waals surface area contributed by atoms with Gasteiger partial charge in [-0.3, -0.25) is 0 Å². The predicted molar refractivity (Wildman–Crippen MR) is 158 cm³/mol. The first-order chi connectivity index (χ1) is 17.7. The Balaban J connectivity index is 1.96. The van der Waals surface area contributed by atoms with Crippen LogP contribution in [0, 0.1) is 0 Å². The van der Waals surface area contributed by atoms with Crippen molar-refractivity contribution >= 4 is 17.8 Å². The fraction of sp³-hybridized carbons (Fsp3) is 0.606. The van der Waals surface area contributed by atoms with Crippen LogP contribution >= 0.6 is 0 Å². The smallest absolute Gasteiger partial charge is 0.205 e. The van der Waals surface area contributed by atoms with E-state index in [1.54, 1.807) is 0 Å². The van der Waals surface area contributed by atoms with Crippen molar-refractivity contribution in [2.75, 3.05) is 24.6 Å². The number of anilines is 1. The van der Waals surface area contributed by atoms with Gasteiger partial charge in [0.2, 0.25) is 5.69 Å². The van der Waals surface area contributed by atoms with E-state index >= 15 is 0 Å². The molecule has 0 spiro atoms. The molecule has 36 heavy (non-hydrogen) atoms. The van der Waals surface area contributed by atoms with Crippen molar-refractivity contribution in [2.45, 2.75) is 111 Å². The maximum absolute atomic E-state index is 6.39. The lowest BCUT2D eigenvalue weighted by molar-refractivity contribution is -0.699. The van der Waals surface area contributed by atoms with Gasteiger partial charge in [0, 0.05) is 55.0 Å². The van der Waals surface area contributed by atoms with Gasteiger partial charge in [0.25, 0.3) is 0 Å². The van der Waals surface area contributed by atoms with Crippen molar-refractivity contribution in [3.8, 4) is 5.75 Å². The average Bonchev–Trinajstić information content (AvgIpc) is 2.91. The van der Waals surface area contributed by atoms with E-state index in [1.165, 1.54) is 82.0 Å². The van der Waals surface area contributed by atoms with Crippen LogP contribution in [0.15, 0.2) is 42.6 Å². The SMILES string of the molecule is CCCCCCCCCCCCOc1cc(N(CC)CC)ccc1/C=C/c1cccc[n+]1CCCC. The minimum Gasteiger partial charge on any atom is -0.493 e. The molecule has 0 unspecified atom stereocenters. The fourth-order valence-electron chi connectivity index (χ4n) is 4.69. The number of benzene rings is 1. The van der Waals surface area contributed by atoms with Crippen molar-refractivity contribution in [2.24, 2.45) is 0 Å². The lowest BCUT2D eigenvalue weighted by Crippen LogP contribution is -2.36. The highest BCUT2D eigenvalue weighted by atomic mass is 16.5. The Hall–Kier alpha value is -2.29. The average molecular weight is 494 g/mol. The second-order valence-corrected chi connectivity index (χ2v) is 9.93. The summed E-state index contributed by atoms with van der Waals surface area (Å²) in [6, 6.07) is 13.1. The number of hydrogen-bond donors (Lipinski definition) is 0. The molecule has 0 aliphatic carbocycles. The highest BCUT2D eigenvalue weighted by Gasteiger charge is 2.10. The van der Waals surface area contributed by atoms with Crippen molar-refractivity contribution in [1.82, 2.24) is 0 Å². The Bertz CT molecular complexity index is 857. The Morgan fingerprint density at radius 3 is 2.06 bits per heavy atom. The van der Waals surface area contributed by atoms with Crippen molar-refractivity contribution in [3.05, 3.63) is 53.9 Å². The van der Waals surface area contributed by atoms with Gasteiger partial charge in [-0.15, -0.1) is 0 Å². The molecule has 0 saturated carbocycles. The molecule has 0 aliphatic heterocycles. The Labute approximate surface area is 222 Å². The summed E-state index contributed by atoms with van der Waals surface area (Å²) in [5, 5.41) is 0. The molecule has 0 N–H and O–H groups in total. The van der Waals surface area contributed by atoms with Gasteiger partial charge >= 0.3 is 0 Å². The quantitative estimate of drug-likeness (QED) is 0.135. The number of ether oxygens (including phenoxy) is 1. The molecule has 200 valence electrons. The molecular formula is C33H53N2O+. The number of pyridine rings is 1. The largest absolute Gasteiger partial charge is 0.493 e. The second-order valence-electron chi connectivity index (χ2n) is 9.93. The minimum absolute atomic E-state index is 0.793. The Kier molecular flexibility index (Phi) is 15.7. The number of unbranched alkanes of at least 4 members (excludes halogenated alkanes) is 10. The van der Waals surface area contributed by atoms with E-state index in [0.29, 0.717) is 0 Å². The molecule has 1 aromatic heterocycles. The van der Waals surface area contributed by atoms with Gasteiger partial charge in [0.05, 0.1) is 6.61 Å². The molecule has 1 aromatic carbocycles. The van der Waals surface area contributed by atoms with Gasteiger partial charge in [-0.2, -0.15) is 4.57 Å². The highest BCUT2D eigenvalue weighted by Crippen LogP contribution is 2.28. The van der Waals surface area contributed by atoms with E-state index in [2.05, 4.69) is 91.9 Å². The predicted octanol–water partition coefficient (Wildman–Crippen LogP) is 9.09. The van der Waals surface area contributed by atoms with Crippen LogP contribution in [0.1, 0.15) is 116 Å². The van der Waals surface area contributed by atoms with E-state index in [4.69, 9.17) is 4.74 Å². The van der Waals surface area contributed by atoms with Crippen molar-refractivity contribution < 1.29 is 9.30 Å². The summed E-state index contributed by atoms with van der Waals surface area (Å²) in [7, 11) is 0. The third kappa shape index (κ3) is 11.2. The zero-order valence-electron chi connectivity index (χ0n) is 23.8. The molecule has 2 rings (SSSR count). The summed E-state index contributed by atoms with van der Waals surface area (Å²) >= 11 is 0. The summed E-state index contributed by atoms with van der Waals surface area (Å²) < 4.78 is 8.73. The van der Waals surface area contributed by atoms with Gasteiger partial charge in [-0.25, -0.2) is 0 Å². The standard InChI is InChI=1S/C33H53N2O/c1-5-9-11-12-13-14-15-16-17-20-28-36-33-29-32(34(7-3)8-4)25-23-30(33)22-24-31-21-18-19-27-35(31)26-10-6-2/h18-19,21-25,27,29H,5-17,20,26,28H2,1-4H3/q+1. The van der Waals surface area contributed by atoms with E-state index < -0.39 is 0 Å². The van der Waals surface area contributed by atoms with Crippen molar-refractivity contribution in [3.63, 3.8) is 0 Å². The fourth-order valence-corrected chi connectivity index (χ4v) is 4.69. The zero-order chi connectivity index (χ0) is 25.8. The zero-order valence-corrected chi connectivity index (χ0v) is 23.8. The summed E-state index contributed by atoms with van der Waals surface area (Å²) in [6.45, 7) is 12.8. The molecule has 0 saturated heterocycles. The first-order valence-corrected chi connectivity index (χ1v) is 14.9. The molecule has 0 bridgehead atoms. The topological polar surface area (TPSA) is 16.4 Å². The lowest BCUT2D eigenvalue weighted by atomic mass is 10.1. The maximum Gasteiger partial charge on any atom is 0.205 e. The number of rotatable bonds is 20. The van der Waals surface area contributed by atoms with Crippen LogP contribution < -0.4 is 14.2 Å². The van der Waals surface area contributed by atoms with Gasteiger partial charge in [0.1, 0.15) is 12.3 Å². The van der Waals surface area contributed by atoms with Crippen LogP contribution in [0.2, 0.25) is 0 Å². The highest BCUT2D eigenvalue weighted by molar-refractivity contribution is 5.72. The molecule has 0 aliphatic rings. The summed E-state index contributed by atoms with van der Waals surface area (Å²) in [4.78, 5) is 2.39. The Morgan fingerprint density at radius 1 is 0.722 bits per heavy atom. The monoisotopic (exact) mass is 493 g/mol. The number of aromatic nitrogens is 1. The normalized spacial score (nSPS) is 11.3. The van der Waals surface area contributed by atoms with Crippen LogP contribution in [0.25, 0.3) is 12.2 Å². The molecule has 0 amide bonds. The van der Waals surface area contributed by atoms with E-state index in [1.807, 2.05) is 0 Å². The van der Waals surface area contributed by atoms with Crippen LogP contribution in [0.5, 0.6) is 5.75 Å². The Morgan fingerprint density at radius 2 is 1.39 bits per heavy atom. The molecular weight excluding hydrogens is 440 g/mol. The van der Waals surface area contributed by atoms with Gasteiger partial charge < -0.3 is 9.64 Å². The maximum atomic E-state index is 6.39. The number of aryl methyl sites for hydroxylation is 1. The van der Waals surface area contributed by atoms with Gasteiger partial charge in [-0.1, -0.05) is 78.1 Å². The molecule has 2 aromatic rings. The molecule has 0 atom stereocenters. The van der Waals surface area contributed by atoms with Crippen LogP contribution in [0.4, 0.5) is 5.69 Å². The summed E-state index contributed by atoms with van der Waals surface area (Å²) in [6.07, 6.45) is 22.5. The lowest BCUT2D eigenvalue weighted by Gasteiger charge is -2.22. The van der Waals surface area contributed by atoms with E-state index in [-0.39, 0.29) is 0 Å². The minimum atomic E-state index is 0.793. The first-order valence-electron chi connectivity index (χ1n) is 14.9. The first kappa shape index (κ1) is 29.9. The molecule has 1 heterocycles. The van der Waals surface area contributed by atoms with Crippen LogP contribution in [0.3, 0.4) is 0 Å². The third-order valence-electron chi connectivity index (χ3n) is 7.04. The van der Waals surface area contributed by atoms with E-state index in [0.717, 1.165) is 44.0 Å². The van der Waals surface area contributed by atoms with Crippen molar-refractivity contribution in [1.29, 1.82) is 0 Å². The molecule has 3 nitrogen and oxygen atoms in total. The third-order valence-corrected chi connectivity index (χ3v) is 7.04. The molecule has 0 radical (unpaired) electrons. The number of hydrogen-bond acceptors (Lipinski definition) is 2. The van der Waals surface area contributed by atoms with Crippen LogP contribution in [-0.2, 0) is 6.54 Å².